The first-order valence-corrected chi connectivity index (χ1v) is 10.4. The minimum atomic E-state index is -1.10. The Bertz CT molecular complexity index is 801. The first-order valence-electron chi connectivity index (χ1n) is 9.99. The average molecular weight is 419 g/mol. The van der Waals surface area contributed by atoms with Crippen LogP contribution < -0.4 is 9.47 Å². The number of aromatic carboxylic acids is 1. The van der Waals surface area contributed by atoms with Crippen LogP contribution in [0.25, 0.3) is 0 Å². The number of hydrogen-bond donors (Lipinski definition) is 1. The van der Waals surface area contributed by atoms with E-state index in [1.165, 1.54) is 50.3 Å². The van der Waals surface area contributed by atoms with Gasteiger partial charge in [0.2, 0.25) is 0 Å². The number of benzene rings is 2. The Labute approximate surface area is 176 Å². The Morgan fingerprint density at radius 1 is 0.897 bits per heavy atom. The minimum Gasteiger partial charge on any atom is -0.494 e. The van der Waals surface area contributed by atoms with Crippen molar-refractivity contribution in [2.24, 2.45) is 0 Å². The molecule has 0 aromatic heterocycles. The van der Waals surface area contributed by atoms with Gasteiger partial charge in [-0.2, -0.15) is 0 Å². The van der Waals surface area contributed by atoms with E-state index in [2.05, 4.69) is 6.92 Å². The van der Waals surface area contributed by atoms with Crippen molar-refractivity contribution in [1.82, 2.24) is 0 Å². The molecule has 0 radical (unpaired) electrons. The van der Waals surface area contributed by atoms with Crippen molar-refractivity contribution in [2.75, 3.05) is 6.61 Å². The third kappa shape index (κ3) is 7.78. The van der Waals surface area contributed by atoms with Crippen LogP contribution in [0.5, 0.6) is 11.5 Å². The van der Waals surface area contributed by atoms with Gasteiger partial charge in [0, 0.05) is 0 Å². The molecule has 6 heteroatoms. The molecule has 0 bridgehead atoms. The van der Waals surface area contributed by atoms with Gasteiger partial charge in [0.1, 0.15) is 11.5 Å². The fourth-order valence-corrected chi connectivity index (χ4v) is 3.03. The van der Waals surface area contributed by atoms with Crippen LogP contribution in [-0.4, -0.2) is 23.7 Å². The second-order valence-corrected chi connectivity index (χ2v) is 7.24. The van der Waals surface area contributed by atoms with Crippen molar-refractivity contribution in [3.05, 3.63) is 58.6 Å². The highest BCUT2D eigenvalue weighted by Crippen LogP contribution is 2.26. The van der Waals surface area contributed by atoms with E-state index < -0.39 is 11.9 Å². The summed E-state index contributed by atoms with van der Waals surface area (Å²) in [6.07, 6.45) is 8.58. The molecular formula is C23H27ClO5. The standard InChI is InChI=1S/C23H27ClO5/c1-2-3-4-5-6-7-8-15-28-19-12-9-17(10-13-19)23(27)29-21-14-11-18(22(25)26)16-20(21)24/h9-14,16H,2-8,15H2,1H3,(H,25,26). The summed E-state index contributed by atoms with van der Waals surface area (Å²) in [6.45, 7) is 2.87. The first kappa shape index (κ1) is 22.8. The Morgan fingerprint density at radius 3 is 2.14 bits per heavy atom. The van der Waals surface area contributed by atoms with E-state index in [1.54, 1.807) is 24.3 Å². The summed E-state index contributed by atoms with van der Waals surface area (Å²) in [5.74, 6) is -0.859. The molecule has 0 aliphatic heterocycles. The summed E-state index contributed by atoms with van der Waals surface area (Å²) < 4.78 is 11.0. The summed E-state index contributed by atoms with van der Waals surface area (Å²) in [5, 5.41) is 9.01. The maximum absolute atomic E-state index is 12.3. The fraction of sp³-hybridized carbons (Fsp3) is 0.391. The van der Waals surface area contributed by atoms with Crippen LogP contribution >= 0.6 is 11.6 Å². The van der Waals surface area contributed by atoms with Crippen molar-refractivity contribution in [2.45, 2.75) is 51.9 Å². The van der Waals surface area contributed by atoms with Gasteiger partial charge in [0.25, 0.3) is 0 Å². The molecule has 0 aliphatic carbocycles. The van der Waals surface area contributed by atoms with Gasteiger partial charge in [-0.05, 0) is 48.9 Å². The molecule has 1 N–H and O–H groups in total. The Hall–Kier alpha value is -2.53. The highest BCUT2D eigenvalue weighted by atomic mass is 35.5. The zero-order valence-corrected chi connectivity index (χ0v) is 17.4. The quantitative estimate of drug-likeness (QED) is 0.245. The normalized spacial score (nSPS) is 10.6. The van der Waals surface area contributed by atoms with Crippen LogP contribution in [0.2, 0.25) is 5.02 Å². The van der Waals surface area contributed by atoms with E-state index >= 15 is 0 Å². The maximum atomic E-state index is 12.3. The van der Waals surface area contributed by atoms with Gasteiger partial charge in [-0.25, -0.2) is 9.59 Å². The molecular weight excluding hydrogens is 392 g/mol. The highest BCUT2D eigenvalue weighted by molar-refractivity contribution is 6.32. The Morgan fingerprint density at radius 2 is 1.52 bits per heavy atom. The minimum absolute atomic E-state index is 0.0252. The fourth-order valence-electron chi connectivity index (χ4n) is 2.81. The lowest BCUT2D eigenvalue weighted by Crippen LogP contribution is -2.09. The third-order valence-corrected chi connectivity index (χ3v) is 4.78. The second-order valence-electron chi connectivity index (χ2n) is 6.83. The van der Waals surface area contributed by atoms with E-state index in [9.17, 15) is 9.59 Å². The monoisotopic (exact) mass is 418 g/mol. The van der Waals surface area contributed by atoms with E-state index in [4.69, 9.17) is 26.2 Å². The van der Waals surface area contributed by atoms with Gasteiger partial charge >= 0.3 is 11.9 Å². The van der Waals surface area contributed by atoms with Crippen molar-refractivity contribution in [3.8, 4) is 11.5 Å². The zero-order valence-electron chi connectivity index (χ0n) is 16.7. The number of rotatable bonds is 12. The van der Waals surface area contributed by atoms with E-state index in [0.29, 0.717) is 17.9 Å². The predicted octanol–water partition coefficient (Wildman–Crippen LogP) is 6.39. The van der Waals surface area contributed by atoms with Crippen LogP contribution in [-0.2, 0) is 0 Å². The smallest absolute Gasteiger partial charge is 0.343 e. The van der Waals surface area contributed by atoms with Gasteiger partial charge in [-0.3, -0.25) is 0 Å². The van der Waals surface area contributed by atoms with Gasteiger partial charge in [0.05, 0.1) is 22.8 Å². The van der Waals surface area contributed by atoms with Crippen LogP contribution in [0.3, 0.4) is 0 Å². The molecule has 0 aliphatic rings. The van der Waals surface area contributed by atoms with Gasteiger partial charge < -0.3 is 14.6 Å². The summed E-state index contributed by atoms with van der Waals surface area (Å²) in [7, 11) is 0. The summed E-state index contributed by atoms with van der Waals surface area (Å²) in [4.78, 5) is 23.2. The van der Waals surface area contributed by atoms with E-state index in [0.717, 1.165) is 12.8 Å². The molecule has 0 heterocycles. The molecule has 5 nitrogen and oxygen atoms in total. The van der Waals surface area contributed by atoms with Crippen LogP contribution in [0.1, 0.15) is 72.6 Å². The molecule has 0 saturated carbocycles. The highest BCUT2D eigenvalue weighted by Gasteiger charge is 2.13. The van der Waals surface area contributed by atoms with Crippen molar-refractivity contribution in [1.29, 1.82) is 0 Å². The van der Waals surface area contributed by atoms with E-state index in [-0.39, 0.29) is 16.3 Å². The zero-order chi connectivity index (χ0) is 21.1. The van der Waals surface area contributed by atoms with Crippen LogP contribution in [0.4, 0.5) is 0 Å². The maximum Gasteiger partial charge on any atom is 0.343 e. The van der Waals surface area contributed by atoms with Crippen molar-refractivity contribution in [3.63, 3.8) is 0 Å². The topological polar surface area (TPSA) is 72.8 Å². The number of halogens is 1. The lowest BCUT2D eigenvalue weighted by Gasteiger charge is -2.09. The molecule has 0 amide bonds. The predicted molar refractivity (Wildman–Crippen MR) is 113 cm³/mol. The Balaban J connectivity index is 1.78. The van der Waals surface area contributed by atoms with Crippen molar-refractivity contribution < 1.29 is 24.2 Å². The number of unbranched alkanes of at least 4 members (excludes halogenated alkanes) is 6. The summed E-state index contributed by atoms with van der Waals surface area (Å²) in [5.41, 5.74) is 0.379. The molecule has 29 heavy (non-hydrogen) atoms. The molecule has 0 atom stereocenters. The number of hydrogen-bond acceptors (Lipinski definition) is 4. The molecule has 2 aromatic carbocycles. The first-order chi connectivity index (χ1) is 14.0. The van der Waals surface area contributed by atoms with Crippen LogP contribution in [0, 0.1) is 0 Å². The van der Waals surface area contributed by atoms with Gasteiger partial charge in [-0.1, -0.05) is 57.0 Å². The molecule has 0 spiro atoms. The molecule has 0 unspecified atom stereocenters. The molecule has 156 valence electrons. The molecule has 2 aromatic rings. The number of carboxylic acids is 1. The summed E-state index contributed by atoms with van der Waals surface area (Å²) in [6, 6.07) is 10.7. The lowest BCUT2D eigenvalue weighted by molar-refractivity contribution is 0.0696. The second kappa shape index (κ2) is 12.1. The van der Waals surface area contributed by atoms with Crippen molar-refractivity contribution >= 4 is 23.5 Å². The number of carboxylic acid groups (broad SMARTS) is 1. The average Bonchev–Trinajstić information content (AvgIpc) is 2.71. The number of carbonyl (C=O) groups excluding carboxylic acids is 1. The molecule has 2 rings (SSSR count). The molecule has 0 fully saturated rings. The van der Waals surface area contributed by atoms with Gasteiger partial charge in [-0.15, -0.1) is 0 Å². The largest absolute Gasteiger partial charge is 0.494 e. The number of ether oxygens (including phenoxy) is 2. The number of esters is 1. The van der Waals surface area contributed by atoms with E-state index in [1.807, 2.05) is 0 Å². The Kier molecular flexibility index (Phi) is 9.51. The lowest BCUT2D eigenvalue weighted by atomic mass is 10.1. The van der Waals surface area contributed by atoms with Gasteiger partial charge in [0.15, 0.2) is 0 Å². The number of carbonyl (C=O) groups is 2. The third-order valence-electron chi connectivity index (χ3n) is 4.49. The molecule has 0 saturated heterocycles. The van der Waals surface area contributed by atoms with Crippen LogP contribution in [0.15, 0.2) is 42.5 Å². The SMILES string of the molecule is CCCCCCCCCOc1ccc(C(=O)Oc2ccc(C(=O)O)cc2Cl)cc1. The summed E-state index contributed by atoms with van der Waals surface area (Å²) >= 11 is 5.99.